The van der Waals surface area contributed by atoms with E-state index in [9.17, 15) is 4.79 Å². The van der Waals surface area contributed by atoms with Crippen LogP contribution in [0.4, 0.5) is 5.95 Å². The third kappa shape index (κ3) is 4.12. The maximum absolute atomic E-state index is 12.6. The number of halogens is 1. The van der Waals surface area contributed by atoms with Crippen LogP contribution < -0.4 is 4.90 Å². The van der Waals surface area contributed by atoms with Crippen molar-refractivity contribution in [3.05, 3.63) is 40.7 Å². The zero-order chi connectivity index (χ0) is 17.8. The summed E-state index contributed by atoms with van der Waals surface area (Å²) >= 11 is 6.17. The van der Waals surface area contributed by atoms with Crippen LogP contribution in [0.3, 0.4) is 0 Å². The van der Waals surface area contributed by atoms with Crippen molar-refractivity contribution in [2.75, 3.05) is 25.5 Å². The normalized spacial score (nSPS) is 17.1. The van der Waals surface area contributed by atoms with Gasteiger partial charge < -0.3 is 14.3 Å². The van der Waals surface area contributed by atoms with Gasteiger partial charge in [0.15, 0.2) is 0 Å². The van der Waals surface area contributed by atoms with Crippen molar-refractivity contribution in [2.24, 2.45) is 0 Å². The SMILES string of the molecule is CN(C)c1noc(C2CCCN2C(=O)CCCc2ccccc2Cl)n1. The van der Waals surface area contributed by atoms with Gasteiger partial charge in [0.2, 0.25) is 5.91 Å². The molecular formula is C18H23ClN4O2. The molecule has 0 radical (unpaired) electrons. The Labute approximate surface area is 152 Å². The molecule has 25 heavy (non-hydrogen) atoms. The highest BCUT2D eigenvalue weighted by molar-refractivity contribution is 6.31. The van der Waals surface area contributed by atoms with Crippen LogP contribution in [0.5, 0.6) is 0 Å². The molecule has 1 saturated heterocycles. The minimum Gasteiger partial charge on any atom is -0.344 e. The number of likely N-dealkylation sites (tertiary alicyclic amines) is 1. The van der Waals surface area contributed by atoms with Crippen LogP contribution in [0.25, 0.3) is 0 Å². The van der Waals surface area contributed by atoms with Gasteiger partial charge in [0, 0.05) is 32.1 Å². The third-order valence-corrected chi connectivity index (χ3v) is 4.85. The van der Waals surface area contributed by atoms with E-state index in [1.54, 1.807) is 4.90 Å². The van der Waals surface area contributed by atoms with E-state index in [1.165, 1.54) is 0 Å². The molecule has 6 nitrogen and oxygen atoms in total. The molecule has 2 heterocycles. The van der Waals surface area contributed by atoms with E-state index in [4.69, 9.17) is 16.1 Å². The number of rotatable bonds is 6. The summed E-state index contributed by atoms with van der Waals surface area (Å²) in [6.07, 6.45) is 3.90. The van der Waals surface area contributed by atoms with Gasteiger partial charge in [-0.1, -0.05) is 29.8 Å². The fraction of sp³-hybridized carbons (Fsp3) is 0.500. The monoisotopic (exact) mass is 362 g/mol. The fourth-order valence-electron chi connectivity index (χ4n) is 3.14. The molecule has 1 unspecified atom stereocenters. The van der Waals surface area contributed by atoms with Crippen molar-refractivity contribution < 1.29 is 9.32 Å². The fourth-order valence-corrected chi connectivity index (χ4v) is 3.37. The number of carbonyl (C=O) groups is 1. The number of amides is 1. The first-order chi connectivity index (χ1) is 12.1. The zero-order valence-electron chi connectivity index (χ0n) is 14.6. The second-order valence-electron chi connectivity index (χ2n) is 6.52. The number of benzene rings is 1. The molecule has 1 atom stereocenters. The Kier molecular flexibility index (Phi) is 5.58. The van der Waals surface area contributed by atoms with Gasteiger partial charge >= 0.3 is 0 Å². The van der Waals surface area contributed by atoms with Gasteiger partial charge in [-0.3, -0.25) is 4.79 Å². The molecule has 3 rings (SSSR count). The van der Waals surface area contributed by atoms with Gasteiger partial charge in [-0.25, -0.2) is 0 Å². The van der Waals surface area contributed by atoms with Crippen molar-refractivity contribution in [3.8, 4) is 0 Å². The van der Waals surface area contributed by atoms with Crippen molar-refractivity contribution in [1.82, 2.24) is 15.0 Å². The van der Waals surface area contributed by atoms with Crippen molar-refractivity contribution >= 4 is 23.5 Å². The largest absolute Gasteiger partial charge is 0.344 e. The summed E-state index contributed by atoms with van der Waals surface area (Å²) in [5.41, 5.74) is 1.09. The Hall–Kier alpha value is -2.08. The number of anilines is 1. The number of hydrogen-bond donors (Lipinski definition) is 0. The van der Waals surface area contributed by atoms with Crippen LogP contribution in [-0.2, 0) is 11.2 Å². The Balaban J connectivity index is 1.58. The summed E-state index contributed by atoms with van der Waals surface area (Å²) < 4.78 is 5.37. The lowest BCUT2D eigenvalue weighted by Gasteiger charge is -2.22. The van der Waals surface area contributed by atoms with Crippen molar-refractivity contribution in [1.29, 1.82) is 0 Å². The number of nitrogens with zero attached hydrogens (tertiary/aromatic N) is 4. The highest BCUT2D eigenvalue weighted by Crippen LogP contribution is 2.32. The summed E-state index contributed by atoms with van der Waals surface area (Å²) in [6.45, 7) is 0.745. The molecule has 0 aliphatic carbocycles. The Morgan fingerprint density at radius 2 is 2.20 bits per heavy atom. The minimum absolute atomic E-state index is 0.103. The summed E-state index contributed by atoms with van der Waals surface area (Å²) in [4.78, 5) is 20.7. The lowest BCUT2D eigenvalue weighted by Crippen LogP contribution is -2.30. The average Bonchev–Trinajstić information content (AvgIpc) is 3.25. The minimum atomic E-state index is -0.103. The lowest BCUT2D eigenvalue weighted by atomic mass is 10.1. The van der Waals surface area contributed by atoms with E-state index in [0.29, 0.717) is 18.3 Å². The Morgan fingerprint density at radius 3 is 2.92 bits per heavy atom. The maximum Gasteiger partial charge on any atom is 0.265 e. The van der Waals surface area contributed by atoms with Crippen LogP contribution in [0, 0.1) is 0 Å². The molecule has 0 spiro atoms. The Morgan fingerprint density at radius 1 is 1.40 bits per heavy atom. The summed E-state index contributed by atoms with van der Waals surface area (Å²) in [7, 11) is 3.72. The quantitative estimate of drug-likeness (QED) is 0.787. The number of carbonyl (C=O) groups excluding carboxylic acids is 1. The van der Waals surface area contributed by atoms with E-state index in [1.807, 2.05) is 43.3 Å². The number of aromatic nitrogens is 2. The molecule has 1 fully saturated rings. The first-order valence-electron chi connectivity index (χ1n) is 8.60. The first-order valence-corrected chi connectivity index (χ1v) is 8.98. The van der Waals surface area contributed by atoms with E-state index in [2.05, 4.69) is 10.1 Å². The van der Waals surface area contributed by atoms with E-state index < -0.39 is 0 Å². The van der Waals surface area contributed by atoms with E-state index >= 15 is 0 Å². The molecule has 0 N–H and O–H groups in total. The molecule has 1 amide bonds. The second kappa shape index (κ2) is 7.87. The summed E-state index contributed by atoms with van der Waals surface area (Å²) in [5.74, 6) is 1.20. The topological polar surface area (TPSA) is 62.5 Å². The van der Waals surface area contributed by atoms with Crippen LogP contribution >= 0.6 is 11.6 Å². The molecule has 7 heteroatoms. The van der Waals surface area contributed by atoms with Crippen molar-refractivity contribution in [3.63, 3.8) is 0 Å². The highest BCUT2D eigenvalue weighted by atomic mass is 35.5. The van der Waals surface area contributed by atoms with Crippen LogP contribution in [-0.4, -0.2) is 41.6 Å². The average molecular weight is 363 g/mol. The third-order valence-electron chi connectivity index (χ3n) is 4.48. The standard InChI is InChI=1S/C18H23ClN4O2/c1-22(2)18-20-17(25-21-18)15-10-6-12-23(15)16(24)11-5-8-13-7-3-4-9-14(13)19/h3-4,7,9,15H,5-6,8,10-12H2,1-2H3. The predicted molar refractivity (Wildman–Crippen MR) is 96.7 cm³/mol. The number of aryl methyl sites for hydroxylation is 1. The van der Waals surface area contributed by atoms with Gasteiger partial charge in [-0.2, -0.15) is 4.98 Å². The number of hydrogen-bond acceptors (Lipinski definition) is 5. The van der Waals surface area contributed by atoms with Crippen LogP contribution in [0.1, 0.15) is 43.2 Å². The van der Waals surface area contributed by atoms with Gasteiger partial charge in [0.05, 0.1) is 0 Å². The molecule has 1 aliphatic heterocycles. The second-order valence-corrected chi connectivity index (χ2v) is 6.92. The molecule has 1 aromatic carbocycles. The highest BCUT2D eigenvalue weighted by Gasteiger charge is 2.33. The lowest BCUT2D eigenvalue weighted by molar-refractivity contribution is -0.132. The smallest absolute Gasteiger partial charge is 0.265 e. The van der Waals surface area contributed by atoms with Gasteiger partial charge in [-0.05, 0) is 42.5 Å². The maximum atomic E-state index is 12.6. The molecule has 1 aliphatic rings. The van der Waals surface area contributed by atoms with E-state index in [-0.39, 0.29) is 11.9 Å². The molecule has 0 saturated carbocycles. The van der Waals surface area contributed by atoms with Crippen LogP contribution in [0.15, 0.2) is 28.8 Å². The molecule has 1 aromatic heterocycles. The van der Waals surface area contributed by atoms with Gasteiger partial charge in [-0.15, -0.1) is 0 Å². The molecule has 134 valence electrons. The summed E-state index contributed by atoms with van der Waals surface area (Å²) in [6, 6.07) is 7.67. The van der Waals surface area contributed by atoms with E-state index in [0.717, 1.165) is 42.8 Å². The first kappa shape index (κ1) is 17.7. The van der Waals surface area contributed by atoms with Gasteiger partial charge in [0.25, 0.3) is 11.8 Å². The van der Waals surface area contributed by atoms with Crippen LogP contribution in [0.2, 0.25) is 5.02 Å². The van der Waals surface area contributed by atoms with Crippen molar-refractivity contribution in [2.45, 2.75) is 38.1 Å². The molecular weight excluding hydrogens is 340 g/mol. The zero-order valence-corrected chi connectivity index (χ0v) is 15.4. The molecule has 0 bridgehead atoms. The summed E-state index contributed by atoms with van der Waals surface area (Å²) in [5, 5.41) is 4.71. The van der Waals surface area contributed by atoms with Gasteiger partial charge in [0.1, 0.15) is 6.04 Å². The molecule has 2 aromatic rings. The predicted octanol–water partition coefficient (Wildman–Crippen LogP) is 3.48. The Bertz CT molecular complexity index is 731.